The second kappa shape index (κ2) is 9.05. The molecule has 0 radical (unpaired) electrons. The number of methoxy groups -OCH3 is 2. The summed E-state index contributed by atoms with van der Waals surface area (Å²) in [7, 11) is 3.41. The van der Waals surface area contributed by atoms with Gasteiger partial charge in [0.25, 0.3) is 0 Å². The minimum atomic E-state index is -0.324. The van der Waals surface area contributed by atoms with Gasteiger partial charge in [0.2, 0.25) is 0 Å². The molecule has 2 saturated heterocycles. The fourth-order valence-corrected chi connectivity index (χ4v) is 6.30. The van der Waals surface area contributed by atoms with E-state index in [1.54, 1.807) is 14.2 Å². The summed E-state index contributed by atoms with van der Waals surface area (Å²) in [5.41, 5.74) is 4.44. The Balaban J connectivity index is 1.68. The van der Waals surface area contributed by atoms with E-state index >= 15 is 0 Å². The molecule has 0 unspecified atom stereocenters. The van der Waals surface area contributed by atoms with E-state index in [9.17, 15) is 10.2 Å². The molecule has 4 bridgehead atoms. The fraction of sp³-hybridized carbons (Fsp3) is 0.556. The van der Waals surface area contributed by atoms with Gasteiger partial charge in [-0.1, -0.05) is 18.6 Å². The Labute approximate surface area is 191 Å². The van der Waals surface area contributed by atoms with E-state index in [-0.39, 0.29) is 18.2 Å². The van der Waals surface area contributed by atoms with E-state index in [1.165, 1.54) is 17.5 Å². The molecule has 5 atom stereocenters. The second-order valence-electron chi connectivity index (χ2n) is 9.75. The smallest absolute Gasteiger partial charge is 0.126 e. The summed E-state index contributed by atoms with van der Waals surface area (Å²) >= 11 is 0. The maximum atomic E-state index is 11.0. The highest BCUT2D eigenvalue weighted by atomic mass is 16.5. The van der Waals surface area contributed by atoms with Crippen LogP contribution in [0, 0.1) is 0 Å². The van der Waals surface area contributed by atoms with Crippen molar-refractivity contribution in [1.82, 2.24) is 4.90 Å². The highest BCUT2D eigenvalue weighted by molar-refractivity contribution is 5.77. The number of aliphatic hydroxyl groups excluding tert-OH is 2. The first-order valence-electron chi connectivity index (χ1n) is 12.1. The molecular formula is C27H35NO4. The highest BCUT2D eigenvalue weighted by Gasteiger charge is 2.42. The molecule has 3 aliphatic heterocycles. The zero-order chi connectivity index (χ0) is 22.2. The molecule has 0 aliphatic carbocycles. The monoisotopic (exact) mass is 437 g/mol. The van der Waals surface area contributed by atoms with Crippen LogP contribution in [0.15, 0.2) is 36.4 Å². The van der Waals surface area contributed by atoms with Crippen LogP contribution < -0.4 is 9.47 Å². The minimum absolute atomic E-state index is 0.140. The third-order valence-electron chi connectivity index (χ3n) is 7.79. The van der Waals surface area contributed by atoms with Crippen LogP contribution in [0.4, 0.5) is 0 Å². The average Bonchev–Trinajstić information content (AvgIpc) is 2.81. The number of benzene rings is 2. The van der Waals surface area contributed by atoms with Crippen molar-refractivity contribution in [3.05, 3.63) is 47.5 Å². The molecule has 172 valence electrons. The first-order valence-corrected chi connectivity index (χ1v) is 12.1. The third-order valence-corrected chi connectivity index (χ3v) is 7.79. The summed E-state index contributed by atoms with van der Waals surface area (Å²) in [5, 5.41) is 21.7. The van der Waals surface area contributed by atoms with Crippen molar-refractivity contribution in [2.75, 3.05) is 14.2 Å². The number of hydrogen-bond acceptors (Lipinski definition) is 5. The first kappa shape index (κ1) is 21.7. The number of fused-ring (bicyclic) bond motifs is 6. The fourth-order valence-electron chi connectivity index (χ4n) is 6.30. The molecular weight excluding hydrogens is 402 g/mol. The first-order chi connectivity index (χ1) is 15.6. The Bertz CT molecular complexity index is 961. The van der Waals surface area contributed by atoms with E-state index in [4.69, 9.17) is 9.47 Å². The number of hydrogen-bond donors (Lipinski definition) is 2. The molecule has 0 aromatic heterocycles. The van der Waals surface area contributed by atoms with Crippen LogP contribution in [0.2, 0.25) is 0 Å². The summed E-state index contributed by atoms with van der Waals surface area (Å²) in [6.07, 6.45) is 6.74. The molecule has 0 amide bonds. The molecule has 0 saturated carbocycles. The molecule has 2 aromatic carbocycles. The summed E-state index contributed by atoms with van der Waals surface area (Å²) < 4.78 is 11.5. The lowest BCUT2D eigenvalue weighted by molar-refractivity contribution is -0.0599. The number of piperidine rings is 2. The van der Waals surface area contributed by atoms with Gasteiger partial charge in [-0.15, -0.1) is 0 Å². The van der Waals surface area contributed by atoms with Crippen LogP contribution in [0.3, 0.4) is 0 Å². The van der Waals surface area contributed by atoms with Crippen molar-refractivity contribution in [1.29, 1.82) is 0 Å². The van der Waals surface area contributed by atoms with E-state index in [0.717, 1.165) is 67.6 Å². The number of ether oxygens (including phenoxy) is 2. The third kappa shape index (κ3) is 4.02. The van der Waals surface area contributed by atoms with Gasteiger partial charge in [0.05, 0.1) is 26.4 Å². The number of nitrogens with zero attached hydrogens (tertiary/aromatic N) is 1. The maximum absolute atomic E-state index is 11.0. The standard InChI is InChI=1S/C27H35NO4/c1-31-26-10-7-17-6-9-21(29)14-19-4-3-5-20-15-22(30)16-25(28(19)20)18-8-11-27(32-2)24(13-18)23(26)12-17/h7-8,10-13,19-22,25,29-30H,3-6,9,14-16H2,1-2H3/t19-,20+,21+,22-,25+/m0/s1. The van der Waals surface area contributed by atoms with Gasteiger partial charge in [0, 0.05) is 29.3 Å². The number of rotatable bonds is 2. The van der Waals surface area contributed by atoms with Crippen molar-refractivity contribution >= 4 is 0 Å². The van der Waals surface area contributed by atoms with Crippen LogP contribution >= 0.6 is 0 Å². The van der Waals surface area contributed by atoms with Gasteiger partial charge in [-0.3, -0.25) is 4.90 Å². The molecule has 2 aromatic rings. The lowest BCUT2D eigenvalue weighted by Gasteiger charge is -2.51. The van der Waals surface area contributed by atoms with Gasteiger partial charge in [-0.25, -0.2) is 0 Å². The zero-order valence-corrected chi connectivity index (χ0v) is 19.2. The second-order valence-corrected chi connectivity index (χ2v) is 9.75. The van der Waals surface area contributed by atoms with Crippen LogP contribution in [-0.4, -0.2) is 53.6 Å². The summed E-state index contributed by atoms with van der Waals surface area (Å²) in [6, 6.07) is 13.6. The lowest BCUT2D eigenvalue weighted by Crippen LogP contribution is -2.54. The highest BCUT2D eigenvalue weighted by Crippen LogP contribution is 2.45. The zero-order valence-electron chi connectivity index (χ0n) is 19.2. The topological polar surface area (TPSA) is 62.2 Å². The van der Waals surface area contributed by atoms with Gasteiger partial charge in [0.1, 0.15) is 11.5 Å². The molecule has 3 heterocycles. The molecule has 5 heteroatoms. The Kier molecular flexibility index (Phi) is 6.15. The molecule has 3 aliphatic rings. The van der Waals surface area contributed by atoms with Gasteiger partial charge >= 0.3 is 0 Å². The Morgan fingerprint density at radius 2 is 1.44 bits per heavy atom. The van der Waals surface area contributed by atoms with Gasteiger partial charge < -0.3 is 19.7 Å². The van der Waals surface area contributed by atoms with E-state index in [1.807, 2.05) is 6.07 Å². The van der Waals surface area contributed by atoms with Gasteiger partial charge in [0.15, 0.2) is 0 Å². The number of aliphatic hydroxyl groups is 2. The summed E-state index contributed by atoms with van der Waals surface area (Å²) in [5.74, 6) is 1.64. The summed E-state index contributed by atoms with van der Waals surface area (Å²) in [6.45, 7) is 0. The molecule has 0 spiro atoms. The molecule has 2 N–H and O–H groups in total. The quantitative estimate of drug-likeness (QED) is 0.725. The van der Waals surface area contributed by atoms with Gasteiger partial charge in [-0.05, 0) is 80.3 Å². The Morgan fingerprint density at radius 3 is 2.16 bits per heavy atom. The minimum Gasteiger partial charge on any atom is -0.496 e. The summed E-state index contributed by atoms with van der Waals surface area (Å²) in [4.78, 5) is 2.63. The largest absolute Gasteiger partial charge is 0.496 e. The van der Waals surface area contributed by atoms with Crippen molar-refractivity contribution in [2.24, 2.45) is 0 Å². The van der Waals surface area contributed by atoms with Crippen LogP contribution in [0.5, 0.6) is 11.5 Å². The molecule has 2 fully saturated rings. The van der Waals surface area contributed by atoms with Crippen LogP contribution in [-0.2, 0) is 6.42 Å². The Hall–Kier alpha value is -2.08. The molecule has 5 rings (SSSR count). The van der Waals surface area contributed by atoms with Crippen molar-refractivity contribution in [3.8, 4) is 22.6 Å². The SMILES string of the molecule is COc1ccc2cc1-c1cc(ccc1OC)[C@H]1C[C@@H](O)C[C@H]3CCC[C@@H](C[C@H](O)CC2)N31. The maximum Gasteiger partial charge on any atom is 0.126 e. The van der Waals surface area contributed by atoms with Crippen LogP contribution in [0.25, 0.3) is 11.1 Å². The predicted molar refractivity (Wildman–Crippen MR) is 125 cm³/mol. The number of aryl methyl sites for hydroxylation is 1. The van der Waals surface area contributed by atoms with Crippen molar-refractivity contribution in [3.63, 3.8) is 0 Å². The normalized spacial score (nSPS) is 30.3. The van der Waals surface area contributed by atoms with E-state index in [0.29, 0.717) is 12.1 Å². The average molecular weight is 438 g/mol. The van der Waals surface area contributed by atoms with E-state index < -0.39 is 0 Å². The molecule has 5 nitrogen and oxygen atoms in total. The van der Waals surface area contributed by atoms with E-state index in [2.05, 4.69) is 35.2 Å². The van der Waals surface area contributed by atoms with Gasteiger partial charge in [-0.2, -0.15) is 0 Å². The molecule has 32 heavy (non-hydrogen) atoms. The van der Waals surface area contributed by atoms with Crippen molar-refractivity contribution in [2.45, 2.75) is 81.7 Å². The Morgan fingerprint density at radius 1 is 0.781 bits per heavy atom. The lowest BCUT2D eigenvalue weighted by atomic mass is 9.80. The predicted octanol–water partition coefficient (Wildman–Crippen LogP) is 4.49. The van der Waals surface area contributed by atoms with Crippen molar-refractivity contribution < 1.29 is 19.7 Å². The van der Waals surface area contributed by atoms with Crippen LogP contribution in [0.1, 0.15) is 62.1 Å².